The fourth-order valence-electron chi connectivity index (χ4n) is 9.06. The number of nitrogens with zero attached hydrogens (tertiary/aromatic N) is 5. The number of halogens is 2. The number of thiophene rings is 1. The molecular weight excluding hydrogens is 625 g/mol. The Morgan fingerprint density at radius 1 is 1.17 bits per heavy atom. The Balaban J connectivity index is 1.20. The van der Waals surface area contributed by atoms with Crippen molar-refractivity contribution in [2.45, 2.75) is 62.2 Å². The first-order valence-electron chi connectivity index (χ1n) is 16.2. The predicted octanol–water partition coefficient (Wildman–Crippen LogP) is 6.37. The van der Waals surface area contributed by atoms with E-state index in [0.717, 1.165) is 78.5 Å². The van der Waals surface area contributed by atoms with Crippen molar-refractivity contribution in [2.75, 3.05) is 37.7 Å². The molecule has 10 rings (SSSR count). The van der Waals surface area contributed by atoms with Crippen LogP contribution in [0.1, 0.15) is 44.1 Å². The highest BCUT2D eigenvalue weighted by Gasteiger charge is 2.46. The maximum Gasteiger partial charge on any atom is 0.319 e. The number of hydrogen-bond acceptors (Lipinski definition) is 9. The van der Waals surface area contributed by atoms with E-state index in [1.54, 1.807) is 6.20 Å². The van der Waals surface area contributed by atoms with Gasteiger partial charge >= 0.3 is 6.01 Å². The summed E-state index contributed by atoms with van der Waals surface area (Å²) in [6.07, 6.45) is 8.32. The van der Waals surface area contributed by atoms with Gasteiger partial charge in [-0.2, -0.15) is 15.2 Å². The lowest BCUT2D eigenvalue weighted by Crippen LogP contribution is -2.60. The molecule has 12 heteroatoms. The highest BCUT2D eigenvalue weighted by atomic mass is 35.5. The molecule has 234 valence electrons. The zero-order chi connectivity index (χ0) is 30.7. The molecule has 0 spiro atoms. The highest BCUT2D eigenvalue weighted by molar-refractivity contribution is 7.25. The number of hydrogen-bond donors (Lipinski definition) is 2. The summed E-state index contributed by atoms with van der Waals surface area (Å²) in [5, 5.41) is 15.9. The maximum absolute atomic E-state index is 17.3. The minimum atomic E-state index is -0.542. The molecule has 2 N–H and O–H groups in total. The van der Waals surface area contributed by atoms with Crippen LogP contribution in [-0.4, -0.2) is 76.4 Å². The fraction of sp³-hybridized carbons (Fsp3) is 0.441. The van der Waals surface area contributed by atoms with E-state index in [1.807, 2.05) is 18.2 Å². The quantitative estimate of drug-likeness (QED) is 0.231. The van der Waals surface area contributed by atoms with Gasteiger partial charge in [0.1, 0.15) is 35.4 Å². The Kier molecular flexibility index (Phi) is 5.91. The third-order valence-electron chi connectivity index (χ3n) is 11.2. The van der Waals surface area contributed by atoms with E-state index in [0.29, 0.717) is 47.3 Å². The number of aromatic amines is 1. The molecular formula is C34H31ClFN7O2S. The van der Waals surface area contributed by atoms with Gasteiger partial charge in [0.15, 0.2) is 11.6 Å². The second kappa shape index (κ2) is 9.91. The number of aromatic nitrogens is 3. The molecule has 3 atom stereocenters. The zero-order valence-corrected chi connectivity index (χ0v) is 26.6. The average Bonchev–Trinajstić information content (AvgIpc) is 3.86. The van der Waals surface area contributed by atoms with E-state index >= 15 is 4.39 Å². The molecule has 46 heavy (non-hydrogen) atoms. The average molecular weight is 656 g/mol. The Bertz CT molecular complexity index is 2130. The Morgan fingerprint density at radius 3 is 2.89 bits per heavy atom. The van der Waals surface area contributed by atoms with E-state index in [2.05, 4.69) is 26.2 Å². The Hall–Kier alpha value is -3.69. The second-order valence-corrected chi connectivity index (χ2v) is 14.9. The summed E-state index contributed by atoms with van der Waals surface area (Å²) in [6, 6.07) is 8.80. The monoisotopic (exact) mass is 655 g/mol. The third kappa shape index (κ3) is 3.73. The minimum absolute atomic E-state index is 0.00390. The molecule has 8 heterocycles. The van der Waals surface area contributed by atoms with Crippen molar-refractivity contribution >= 4 is 60.0 Å². The van der Waals surface area contributed by atoms with Gasteiger partial charge in [-0.3, -0.25) is 4.90 Å². The first-order chi connectivity index (χ1) is 22.5. The van der Waals surface area contributed by atoms with Crippen LogP contribution >= 0.6 is 22.9 Å². The van der Waals surface area contributed by atoms with Crippen LogP contribution in [0.5, 0.6) is 11.8 Å². The number of fused-ring (bicyclic) bond motifs is 9. The highest BCUT2D eigenvalue weighted by Crippen LogP contribution is 2.52. The summed E-state index contributed by atoms with van der Waals surface area (Å²) in [7, 11) is 0. The van der Waals surface area contributed by atoms with Crippen molar-refractivity contribution in [3.8, 4) is 29.0 Å². The zero-order valence-electron chi connectivity index (χ0n) is 25.0. The molecule has 0 amide bonds. The molecule has 5 aliphatic heterocycles. The molecule has 5 aromatic rings. The van der Waals surface area contributed by atoms with Crippen LogP contribution < -0.4 is 19.7 Å². The number of piperazine rings is 1. The van der Waals surface area contributed by atoms with Gasteiger partial charge in [0.2, 0.25) is 0 Å². The van der Waals surface area contributed by atoms with Crippen LogP contribution in [0, 0.1) is 17.1 Å². The van der Waals surface area contributed by atoms with Gasteiger partial charge in [-0.25, -0.2) is 4.39 Å². The van der Waals surface area contributed by atoms with Gasteiger partial charge in [-0.05, 0) is 63.2 Å². The molecule has 5 aliphatic rings. The van der Waals surface area contributed by atoms with Gasteiger partial charge in [0.25, 0.3) is 0 Å². The van der Waals surface area contributed by atoms with E-state index in [9.17, 15) is 5.26 Å². The van der Waals surface area contributed by atoms with Crippen molar-refractivity contribution in [2.24, 2.45) is 0 Å². The van der Waals surface area contributed by atoms with Crippen molar-refractivity contribution in [1.82, 2.24) is 25.2 Å². The number of benzene rings is 2. The van der Waals surface area contributed by atoms with Crippen LogP contribution in [0.3, 0.4) is 0 Å². The number of rotatable bonds is 4. The van der Waals surface area contributed by atoms with E-state index in [-0.39, 0.29) is 39.7 Å². The number of anilines is 1. The maximum atomic E-state index is 17.3. The third-order valence-corrected chi connectivity index (χ3v) is 12.6. The molecule has 0 unspecified atom stereocenters. The van der Waals surface area contributed by atoms with Crippen LogP contribution in [-0.2, 0) is 0 Å². The summed E-state index contributed by atoms with van der Waals surface area (Å²) in [5.41, 5.74) is 1.46. The van der Waals surface area contributed by atoms with E-state index < -0.39 is 5.82 Å². The molecule has 4 fully saturated rings. The Morgan fingerprint density at radius 2 is 2.04 bits per heavy atom. The standard InChI is InChI=1S/C34H31ClFN7O2S/c35-27-25(19-4-1-5-22-24(19)23-17(12-37)13-38-32(23)46-22)28(36)29-26-30(27)44-15-21-20-7-6-18(39-20)14-43(21)31(26)41-33(40-29)45-16-34-8-2-10-42(34)11-3-9-34/h1,4-5,13,18,20-21,38-39H,2-3,6-11,14-16H2/t18-,20+,21-/m1/s1. The lowest BCUT2D eigenvalue weighted by molar-refractivity contribution is 0.108. The Labute approximate surface area is 273 Å². The number of nitrogens with one attached hydrogen (secondary N) is 2. The lowest BCUT2D eigenvalue weighted by Gasteiger charge is -2.40. The molecule has 2 aromatic carbocycles. The molecule has 9 nitrogen and oxygen atoms in total. The minimum Gasteiger partial charge on any atom is -0.489 e. The van der Waals surface area contributed by atoms with Gasteiger partial charge in [-0.1, -0.05) is 23.7 Å². The molecule has 0 aliphatic carbocycles. The van der Waals surface area contributed by atoms with Crippen LogP contribution in [0.25, 0.3) is 42.3 Å². The van der Waals surface area contributed by atoms with E-state index in [4.69, 9.17) is 31.0 Å². The fourth-order valence-corrected chi connectivity index (χ4v) is 10.5. The molecule has 4 saturated heterocycles. The van der Waals surface area contributed by atoms with Crippen molar-refractivity contribution in [3.05, 3.63) is 40.8 Å². The van der Waals surface area contributed by atoms with Crippen molar-refractivity contribution in [1.29, 1.82) is 5.26 Å². The smallest absolute Gasteiger partial charge is 0.319 e. The van der Waals surface area contributed by atoms with Gasteiger partial charge in [-0.15, -0.1) is 11.3 Å². The van der Waals surface area contributed by atoms with Crippen molar-refractivity contribution < 1.29 is 13.9 Å². The summed E-state index contributed by atoms with van der Waals surface area (Å²) < 4.78 is 31.3. The molecule has 0 radical (unpaired) electrons. The van der Waals surface area contributed by atoms with Gasteiger partial charge in [0, 0.05) is 45.9 Å². The summed E-state index contributed by atoms with van der Waals surface area (Å²) in [6.45, 7) is 3.79. The molecule has 0 saturated carbocycles. The SMILES string of the molecule is N#Cc1c[nH]c2sc3cccc(-c4c(Cl)c5c6c(nc(OCC78CCCN7CCC8)nc6c4F)N4C[C@H]6CC[C@H](N6)[C@H]4CO5)c3c12. The summed E-state index contributed by atoms with van der Waals surface area (Å²) in [5.74, 6) is 0.484. The van der Waals surface area contributed by atoms with Gasteiger partial charge < -0.3 is 24.7 Å². The van der Waals surface area contributed by atoms with Crippen molar-refractivity contribution in [3.63, 3.8) is 0 Å². The van der Waals surface area contributed by atoms with Crippen LogP contribution in [0.4, 0.5) is 10.2 Å². The molecule has 3 aromatic heterocycles. The summed E-state index contributed by atoms with van der Waals surface area (Å²) >= 11 is 8.77. The van der Waals surface area contributed by atoms with Crippen LogP contribution in [0.2, 0.25) is 5.02 Å². The lowest BCUT2D eigenvalue weighted by atomic mass is 9.95. The molecule has 2 bridgehead atoms. The first kappa shape index (κ1) is 27.4. The van der Waals surface area contributed by atoms with Crippen LogP contribution in [0.15, 0.2) is 24.4 Å². The van der Waals surface area contributed by atoms with E-state index in [1.165, 1.54) is 11.3 Å². The first-order valence-corrected chi connectivity index (χ1v) is 17.4. The summed E-state index contributed by atoms with van der Waals surface area (Å²) in [4.78, 5) is 18.7. The number of H-pyrrole nitrogens is 1. The second-order valence-electron chi connectivity index (χ2n) is 13.5. The topological polar surface area (TPSA) is 102 Å². The normalized spacial score (nSPS) is 24.7. The van der Waals surface area contributed by atoms with Gasteiger partial charge in [0.05, 0.1) is 27.6 Å². The number of ether oxygens (including phenoxy) is 2. The predicted molar refractivity (Wildman–Crippen MR) is 177 cm³/mol. The largest absolute Gasteiger partial charge is 0.489 e. The number of nitriles is 1.